The molecule has 6 rings (SSSR count). The van der Waals surface area contributed by atoms with Crippen LogP contribution in [-0.4, -0.2) is 47.1 Å². The summed E-state index contributed by atoms with van der Waals surface area (Å²) >= 11 is 1.93. The number of amides is 1. The number of hydrogen-bond donors (Lipinski definition) is 1. The zero-order chi connectivity index (χ0) is 30.9. The number of rotatable bonds is 4. The molecule has 1 aliphatic heterocycles. The van der Waals surface area contributed by atoms with E-state index in [0.29, 0.717) is 35.9 Å². The summed E-state index contributed by atoms with van der Waals surface area (Å²) < 4.78 is 11.9. The summed E-state index contributed by atoms with van der Waals surface area (Å²) in [6, 6.07) is 0. The summed E-state index contributed by atoms with van der Waals surface area (Å²) in [5, 5.41) is 3.43. The predicted octanol–water partition coefficient (Wildman–Crippen LogP) is 7.82. The summed E-state index contributed by atoms with van der Waals surface area (Å²) in [6.07, 6.45) is 10.7. The first-order valence-corrected chi connectivity index (χ1v) is 18.6. The topological polar surface area (TPSA) is 81.7 Å². The second-order valence-corrected chi connectivity index (χ2v) is 18.2. The van der Waals surface area contributed by atoms with Crippen LogP contribution in [0.2, 0.25) is 0 Å². The van der Waals surface area contributed by atoms with Gasteiger partial charge >= 0.3 is 12.1 Å². The molecule has 0 aromatic heterocycles. The standard InChI is InChI=1S/C36H57NO5S/c1-21(2)30-26(39)20-36(37-32(40)42-23-13-18-43-19-14-23)17-10-25-24(31(30)36)8-9-28-34(25,6)15-11-27-33(4,5)29(41-22(3)38)12-16-35(27,28)7/h21,23-25,27-31H,8-20H2,1-7H3,(H,37,40)/t24?,25?,27?,28?,29-,30?,31?,34-,35?,36+/m0/s1. The molecule has 0 radical (unpaired) electrons. The van der Waals surface area contributed by atoms with Gasteiger partial charge in [-0.1, -0.05) is 41.5 Å². The normalized spacial score (nSPS) is 45.8. The van der Waals surface area contributed by atoms with E-state index in [4.69, 9.17) is 9.47 Å². The average molecular weight is 616 g/mol. The zero-order valence-electron chi connectivity index (χ0n) is 27.8. The Kier molecular flexibility index (Phi) is 8.28. The molecule has 1 heterocycles. The fourth-order valence-electron chi connectivity index (χ4n) is 12.7. The lowest BCUT2D eigenvalue weighted by Gasteiger charge is -2.69. The highest BCUT2D eigenvalue weighted by molar-refractivity contribution is 7.99. The summed E-state index contributed by atoms with van der Waals surface area (Å²) in [5.74, 6) is 4.91. The number of esters is 1. The molecule has 242 valence electrons. The fourth-order valence-corrected chi connectivity index (χ4v) is 13.8. The molecule has 5 aliphatic carbocycles. The third-order valence-corrected chi connectivity index (χ3v) is 15.3. The summed E-state index contributed by atoms with van der Waals surface area (Å²) in [6.45, 7) is 15.8. The quantitative estimate of drug-likeness (QED) is 0.325. The van der Waals surface area contributed by atoms with E-state index in [9.17, 15) is 14.4 Å². The largest absolute Gasteiger partial charge is 0.462 e. The Morgan fingerprint density at radius 2 is 1.56 bits per heavy atom. The second-order valence-electron chi connectivity index (χ2n) is 16.9. The monoisotopic (exact) mass is 615 g/mol. The minimum atomic E-state index is -0.470. The summed E-state index contributed by atoms with van der Waals surface area (Å²) in [7, 11) is 0. The van der Waals surface area contributed by atoms with Crippen molar-refractivity contribution in [2.75, 3.05) is 11.5 Å². The van der Waals surface area contributed by atoms with Gasteiger partial charge in [-0.3, -0.25) is 9.59 Å². The van der Waals surface area contributed by atoms with E-state index in [1.54, 1.807) is 6.92 Å². The molecule has 0 aromatic carbocycles. The Balaban J connectivity index is 1.27. The molecule has 7 heteroatoms. The molecule has 6 fully saturated rings. The van der Waals surface area contributed by atoms with Gasteiger partial charge in [0.25, 0.3) is 0 Å². The maximum atomic E-state index is 13.8. The summed E-state index contributed by atoms with van der Waals surface area (Å²) in [4.78, 5) is 39.2. The highest BCUT2D eigenvalue weighted by Gasteiger charge is 2.69. The number of fused-ring (bicyclic) bond motifs is 7. The van der Waals surface area contributed by atoms with E-state index >= 15 is 0 Å². The van der Waals surface area contributed by atoms with E-state index in [0.717, 1.165) is 56.5 Å². The third-order valence-electron chi connectivity index (χ3n) is 14.3. The van der Waals surface area contributed by atoms with Crippen LogP contribution in [0.4, 0.5) is 4.79 Å². The van der Waals surface area contributed by atoms with Crippen LogP contribution in [0.1, 0.15) is 119 Å². The molecule has 5 saturated carbocycles. The molecular weight excluding hydrogens is 558 g/mol. The van der Waals surface area contributed by atoms with Crippen molar-refractivity contribution in [3.63, 3.8) is 0 Å². The van der Waals surface area contributed by atoms with Crippen LogP contribution in [-0.2, 0) is 19.1 Å². The average Bonchev–Trinajstić information content (AvgIpc) is 3.22. The number of nitrogens with one attached hydrogen (secondary N) is 1. The summed E-state index contributed by atoms with van der Waals surface area (Å²) in [5.41, 5.74) is -0.0728. The van der Waals surface area contributed by atoms with Gasteiger partial charge in [-0.05, 0) is 122 Å². The van der Waals surface area contributed by atoms with Gasteiger partial charge in [-0.15, -0.1) is 0 Å². The molecule has 1 saturated heterocycles. The first-order chi connectivity index (χ1) is 20.2. The van der Waals surface area contributed by atoms with Crippen LogP contribution < -0.4 is 5.32 Å². The lowest BCUT2D eigenvalue weighted by atomic mass is 9.36. The molecule has 0 bridgehead atoms. The van der Waals surface area contributed by atoms with Crippen LogP contribution >= 0.6 is 11.8 Å². The minimum absolute atomic E-state index is 0.00379. The smallest absolute Gasteiger partial charge is 0.407 e. The second kappa shape index (κ2) is 11.2. The van der Waals surface area contributed by atoms with Crippen molar-refractivity contribution in [2.24, 2.45) is 57.7 Å². The maximum absolute atomic E-state index is 13.8. The van der Waals surface area contributed by atoms with Crippen molar-refractivity contribution >= 4 is 29.6 Å². The predicted molar refractivity (Wildman–Crippen MR) is 171 cm³/mol. The number of thioether (sulfide) groups is 1. The molecule has 1 amide bonds. The van der Waals surface area contributed by atoms with E-state index in [1.165, 1.54) is 19.3 Å². The lowest BCUT2D eigenvalue weighted by molar-refractivity contribution is -0.220. The Bertz CT molecular complexity index is 1120. The SMILES string of the molecule is CC(=O)O[C@H]1CCC2(C)C(CC[C@@]3(C)C4CC[C@@]5(NC(=O)OC6CCSCC6)CC(=O)C(C(C)C)C5C4CCC23)C1(C)C. The van der Waals surface area contributed by atoms with E-state index in [2.05, 4.69) is 46.9 Å². The first-order valence-electron chi connectivity index (χ1n) is 17.5. The first kappa shape index (κ1) is 31.7. The van der Waals surface area contributed by atoms with Gasteiger partial charge < -0.3 is 14.8 Å². The number of ketones is 1. The van der Waals surface area contributed by atoms with Crippen LogP contribution in [0.25, 0.3) is 0 Å². The lowest BCUT2D eigenvalue weighted by Crippen LogP contribution is -2.66. The molecule has 0 aromatic rings. The Hall–Kier alpha value is -1.24. The van der Waals surface area contributed by atoms with Crippen molar-refractivity contribution in [1.29, 1.82) is 0 Å². The fraction of sp³-hybridized carbons (Fsp3) is 0.917. The Morgan fingerprint density at radius 3 is 2.23 bits per heavy atom. The number of hydrogen-bond acceptors (Lipinski definition) is 6. The Morgan fingerprint density at radius 1 is 0.860 bits per heavy atom. The number of Topliss-reactive ketones (excluding diaryl/α,β-unsaturated/α-hetero) is 1. The van der Waals surface area contributed by atoms with Crippen molar-refractivity contribution in [2.45, 2.75) is 137 Å². The zero-order valence-corrected chi connectivity index (χ0v) is 28.7. The third kappa shape index (κ3) is 5.08. The molecule has 10 atom stereocenters. The minimum Gasteiger partial charge on any atom is -0.462 e. The van der Waals surface area contributed by atoms with Crippen LogP contribution in [0.5, 0.6) is 0 Å². The van der Waals surface area contributed by atoms with Gasteiger partial charge in [0.05, 0.1) is 5.54 Å². The van der Waals surface area contributed by atoms with Gasteiger partial charge in [0.1, 0.15) is 18.0 Å². The molecule has 0 spiro atoms. The Labute approximate surface area is 264 Å². The van der Waals surface area contributed by atoms with E-state index < -0.39 is 5.54 Å². The van der Waals surface area contributed by atoms with Crippen molar-refractivity contribution in [3.8, 4) is 0 Å². The number of alkyl carbamates (subject to hydrolysis) is 1. The highest BCUT2D eigenvalue weighted by atomic mass is 32.2. The number of carbonyl (C=O) groups is 3. The molecular formula is C36H57NO5S. The van der Waals surface area contributed by atoms with E-state index in [-0.39, 0.29) is 58.3 Å². The van der Waals surface area contributed by atoms with Gasteiger partial charge in [-0.2, -0.15) is 11.8 Å². The van der Waals surface area contributed by atoms with Crippen molar-refractivity contribution < 1.29 is 23.9 Å². The molecule has 1 N–H and O–H groups in total. The van der Waals surface area contributed by atoms with Crippen molar-refractivity contribution in [1.82, 2.24) is 5.32 Å². The molecule has 43 heavy (non-hydrogen) atoms. The number of ether oxygens (including phenoxy) is 2. The molecule has 6 aliphatic rings. The van der Waals surface area contributed by atoms with Gasteiger partial charge in [0, 0.05) is 24.7 Å². The molecule has 6 nitrogen and oxygen atoms in total. The van der Waals surface area contributed by atoms with Crippen molar-refractivity contribution in [3.05, 3.63) is 0 Å². The van der Waals surface area contributed by atoms with Gasteiger partial charge in [0.15, 0.2) is 0 Å². The van der Waals surface area contributed by atoms with E-state index in [1.807, 2.05) is 11.8 Å². The van der Waals surface area contributed by atoms with Crippen LogP contribution in [0, 0.1) is 57.7 Å². The van der Waals surface area contributed by atoms with Crippen LogP contribution in [0.3, 0.4) is 0 Å². The van der Waals surface area contributed by atoms with Crippen LogP contribution in [0.15, 0.2) is 0 Å². The van der Waals surface area contributed by atoms with Gasteiger partial charge in [0.2, 0.25) is 0 Å². The molecule has 7 unspecified atom stereocenters. The van der Waals surface area contributed by atoms with Gasteiger partial charge in [-0.25, -0.2) is 4.79 Å². The number of carbonyl (C=O) groups excluding carboxylic acids is 3. The maximum Gasteiger partial charge on any atom is 0.407 e. The highest BCUT2D eigenvalue weighted by Crippen LogP contribution is 2.72.